The van der Waals surface area contributed by atoms with E-state index in [0.29, 0.717) is 5.41 Å². The highest BCUT2D eigenvalue weighted by atomic mass is 79.9. The molecule has 17 heavy (non-hydrogen) atoms. The zero-order valence-corrected chi connectivity index (χ0v) is 11.7. The fourth-order valence-corrected chi connectivity index (χ4v) is 3.92. The lowest BCUT2D eigenvalue weighted by Gasteiger charge is -2.51. The molecule has 2 heteroatoms. The van der Waals surface area contributed by atoms with Crippen molar-refractivity contribution in [2.75, 3.05) is 0 Å². The minimum Gasteiger partial charge on any atom is -0.390 e. The van der Waals surface area contributed by atoms with Crippen molar-refractivity contribution in [3.63, 3.8) is 0 Å². The highest BCUT2D eigenvalue weighted by molar-refractivity contribution is 9.08. The number of fused-ring (bicyclic) bond motifs is 3. The first-order valence-corrected chi connectivity index (χ1v) is 7.66. The summed E-state index contributed by atoms with van der Waals surface area (Å²) in [5, 5.41) is 11.2. The molecule has 3 aliphatic carbocycles. The van der Waals surface area contributed by atoms with Crippen molar-refractivity contribution in [1.29, 1.82) is 0 Å². The van der Waals surface area contributed by atoms with Gasteiger partial charge >= 0.3 is 0 Å². The summed E-state index contributed by atoms with van der Waals surface area (Å²) >= 11 is 3.49. The van der Waals surface area contributed by atoms with Crippen LogP contribution in [0.15, 0.2) is 24.3 Å². The van der Waals surface area contributed by atoms with Crippen LogP contribution in [0.5, 0.6) is 0 Å². The van der Waals surface area contributed by atoms with E-state index in [1.54, 1.807) is 0 Å². The number of hydrogen-bond acceptors (Lipinski definition) is 1. The zero-order valence-electron chi connectivity index (χ0n) is 10.1. The van der Waals surface area contributed by atoms with E-state index in [1.165, 1.54) is 11.1 Å². The van der Waals surface area contributed by atoms with Gasteiger partial charge < -0.3 is 5.11 Å². The number of hydrogen-bond donors (Lipinski definition) is 1. The first-order valence-electron chi connectivity index (χ1n) is 6.54. The second-order valence-corrected chi connectivity index (χ2v) is 6.40. The molecule has 3 fully saturated rings. The van der Waals surface area contributed by atoms with Crippen molar-refractivity contribution < 1.29 is 5.11 Å². The van der Waals surface area contributed by atoms with Crippen LogP contribution in [0, 0.1) is 0 Å². The van der Waals surface area contributed by atoms with Gasteiger partial charge in [-0.2, -0.15) is 0 Å². The second-order valence-electron chi connectivity index (χ2n) is 5.84. The summed E-state index contributed by atoms with van der Waals surface area (Å²) in [6, 6.07) is 9.06. The van der Waals surface area contributed by atoms with E-state index in [2.05, 4.69) is 40.2 Å². The zero-order chi connectivity index (χ0) is 11.9. The van der Waals surface area contributed by atoms with Gasteiger partial charge in [-0.15, -0.1) is 0 Å². The van der Waals surface area contributed by atoms with Crippen LogP contribution in [0.25, 0.3) is 0 Å². The maximum Gasteiger partial charge on any atom is 0.0648 e. The Morgan fingerprint density at radius 1 is 0.941 bits per heavy atom. The topological polar surface area (TPSA) is 20.2 Å². The van der Waals surface area contributed by atoms with Crippen molar-refractivity contribution in [3.8, 4) is 0 Å². The molecular formula is C15H19BrO. The molecule has 2 bridgehead atoms. The smallest absolute Gasteiger partial charge is 0.0648 e. The first kappa shape index (κ1) is 11.7. The average molecular weight is 295 g/mol. The minimum atomic E-state index is -0.322. The lowest BCUT2D eigenvalue weighted by atomic mass is 9.56. The summed E-state index contributed by atoms with van der Waals surface area (Å²) in [4.78, 5) is 0. The van der Waals surface area contributed by atoms with Gasteiger partial charge in [0, 0.05) is 5.33 Å². The fraction of sp³-hybridized carbons (Fsp3) is 0.600. The van der Waals surface area contributed by atoms with Crippen molar-refractivity contribution in [2.24, 2.45) is 0 Å². The van der Waals surface area contributed by atoms with Crippen LogP contribution in [0.2, 0.25) is 0 Å². The lowest BCUT2D eigenvalue weighted by Crippen LogP contribution is -2.48. The van der Waals surface area contributed by atoms with E-state index in [0.717, 1.165) is 43.9 Å². The molecule has 1 aromatic rings. The predicted octanol–water partition coefficient (Wildman–Crippen LogP) is 3.92. The molecule has 0 spiro atoms. The molecule has 1 N–H and O–H groups in total. The van der Waals surface area contributed by atoms with Crippen LogP contribution in [0.3, 0.4) is 0 Å². The Kier molecular flexibility index (Phi) is 2.83. The van der Waals surface area contributed by atoms with E-state index in [4.69, 9.17) is 0 Å². The number of alkyl halides is 1. The Morgan fingerprint density at radius 2 is 1.47 bits per heavy atom. The molecule has 0 saturated heterocycles. The van der Waals surface area contributed by atoms with Gasteiger partial charge in [-0.25, -0.2) is 0 Å². The monoisotopic (exact) mass is 294 g/mol. The van der Waals surface area contributed by atoms with Crippen LogP contribution in [-0.4, -0.2) is 10.7 Å². The first-order chi connectivity index (χ1) is 8.16. The van der Waals surface area contributed by atoms with Crippen LogP contribution in [-0.2, 0) is 10.7 Å². The van der Waals surface area contributed by atoms with Crippen molar-refractivity contribution in [2.45, 2.75) is 54.9 Å². The molecule has 0 aliphatic heterocycles. The normalized spacial score (nSPS) is 36.1. The molecular weight excluding hydrogens is 276 g/mol. The SMILES string of the molecule is OC12CCC(c3ccc(CBr)cc3)(CC1)CC2. The average Bonchev–Trinajstić information content (AvgIpc) is 2.40. The third-order valence-electron chi connectivity index (χ3n) is 4.93. The number of halogens is 1. The lowest BCUT2D eigenvalue weighted by molar-refractivity contribution is -0.0660. The molecule has 92 valence electrons. The van der Waals surface area contributed by atoms with Gasteiger partial charge in [-0.3, -0.25) is 0 Å². The van der Waals surface area contributed by atoms with Crippen molar-refractivity contribution in [1.82, 2.24) is 0 Å². The van der Waals surface area contributed by atoms with Gasteiger partial charge in [0.15, 0.2) is 0 Å². The summed E-state index contributed by atoms with van der Waals surface area (Å²) in [6.07, 6.45) is 6.47. The van der Waals surface area contributed by atoms with Gasteiger partial charge in [0.1, 0.15) is 0 Å². The van der Waals surface area contributed by atoms with Gasteiger partial charge in [-0.1, -0.05) is 40.2 Å². The molecule has 0 heterocycles. The molecule has 4 rings (SSSR count). The minimum absolute atomic E-state index is 0.322. The Labute approximate surface area is 111 Å². The third-order valence-corrected chi connectivity index (χ3v) is 5.57. The number of rotatable bonds is 2. The third kappa shape index (κ3) is 1.96. The summed E-state index contributed by atoms with van der Waals surface area (Å²) in [5.41, 5.74) is 2.88. The van der Waals surface area contributed by atoms with Crippen LogP contribution < -0.4 is 0 Å². The molecule has 0 amide bonds. The summed E-state index contributed by atoms with van der Waals surface area (Å²) in [7, 11) is 0. The molecule has 0 radical (unpaired) electrons. The van der Waals surface area contributed by atoms with Gasteiger partial charge in [0.05, 0.1) is 5.60 Å². The highest BCUT2D eigenvalue weighted by Crippen LogP contribution is 2.53. The Bertz CT molecular complexity index is 385. The summed E-state index contributed by atoms with van der Waals surface area (Å²) in [5.74, 6) is 0. The quantitative estimate of drug-likeness (QED) is 0.820. The Morgan fingerprint density at radius 3 is 1.94 bits per heavy atom. The van der Waals surface area contributed by atoms with Crippen LogP contribution in [0.4, 0.5) is 0 Å². The van der Waals surface area contributed by atoms with Crippen LogP contribution in [0.1, 0.15) is 49.7 Å². The second kappa shape index (κ2) is 4.10. The van der Waals surface area contributed by atoms with Gasteiger partial charge in [0.25, 0.3) is 0 Å². The van der Waals surface area contributed by atoms with E-state index in [1.807, 2.05) is 0 Å². The number of benzene rings is 1. The van der Waals surface area contributed by atoms with Crippen molar-refractivity contribution >= 4 is 15.9 Å². The van der Waals surface area contributed by atoms with Gasteiger partial charge in [0.2, 0.25) is 0 Å². The molecule has 1 nitrogen and oxygen atoms in total. The fourth-order valence-electron chi connectivity index (χ4n) is 3.55. The molecule has 3 saturated carbocycles. The maximum absolute atomic E-state index is 10.3. The molecule has 1 aromatic carbocycles. The van der Waals surface area contributed by atoms with Crippen molar-refractivity contribution in [3.05, 3.63) is 35.4 Å². The van der Waals surface area contributed by atoms with E-state index >= 15 is 0 Å². The Hall–Kier alpha value is -0.340. The molecule has 0 unspecified atom stereocenters. The standard InChI is InChI=1S/C15H19BrO/c16-11-12-1-3-13(4-2-12)14-5-8-15(17,9-6-14)10-7-14/h1-4,17H,5-11H2. The van der Waals surface area contributed by atoms with E-state index in [-0.39, 0.29) is 5.60 Å². The molecule has 0 atom stereocenters. The highest BCUT2D eigenvalue weighted by Gasteiger charge is 2.48. The molecule has 0 aromatic heterocycles. The van der Waals surface area contributed by atoms with E-state index < -0.39 is 0 Å². The van der Waals surface area contributed by atoms with Gasteiger partial charge in [-0.05, 0) is 55.1 Å². The van der Waals surface area contributed by atoms with Crippen LogP contribution >= 0.6 is 15.9 Å². The predicted molar refractivity (Wildman–Crippen MR) is 73.4 cm³/mol. The Balaban J connectivity index is 1.88. The summed E-state index contributed by atoms with van der Waals surface area (Å²) < 4.78 is 0. The molecule has 3 aliphatic rings. The largest absolute Gasteiger partial charge is 0.390 e. The maximum atomic E-state index is 10.3. The number of aliphatic hydroxyl groups is 1. The van der Waals surface area contributed by atoms with E-state index in [9.17, 15) is 5.11 Å². The summed E-state index contributed by atoms with van der Waals surface area (Å²) in [6.45, 7) is 0.